The van der Waals surface area contributed by atoms with Gasteiger partial charge < -0.3 is 29.5 Å². The molecule has 6 nitrogen and oxygen atoms in total. The van der Waals surface area contributed by atoms with Crippen LogP contribution in [0, 0.1) is 0 Å². The van der Waals surface area contributed by atoms with Crippen molar-refractivity contribution in [1.82, 2.24) is 0 Å². The van der Waals surface area contributed by atoms with Crippen LogP contribution in [0.1, 0.15) is 13.8 Å². The molecular formula is C9H16O6. The minimum absolute atomic E-state index is 0.0851. The molecule has 0 spiro atoms. The van der Waals surface area contributed by atoms with Crippen molar-refractivity contribution < 1.29 is 29.5 Å². The van der Waals surface area contributed by atoms with Crippen molar-refractivity contribution >= 4 is 0 Å². The highest BCUT2D eigenvalue weighted by atomic mass is 16.8. The van der Waals surface area contributed by atoms with Gasteiger partial charge in [-0.1, -0.05) is 0 Å². The van der Waals surface area contributed by atoms with E-state index in [2.05, 4.69) is 0 Å². The van der Waals surface area contributed by atoms with Gasteiger partial charge in [0.05, 0.1) is 6.61 Å². The molecule has 0 bridgehead atoms. The Morgan fingerprint density at radius 3 is 2.60 bits per heavy atom. The highest BCUT2D eigenvalue weighted by molar-refractivity contribution is 4.99. The van der Waals surface area contributed by atoms with Crippen LogP contribution in [0.25, 0.3) is 0 Å². The molecule has 2 rings (SSSR count). The van der Waals surface area contributed by atoms with Gasteiger partial charge in [-0.05, 0) is 13.8 Å². The average Bonchev–Trinajstić information content (AvgIpc) is 2.40. The highest BCUT2D eigenvalue weighted by Crippen LogP contribution is 2.38. The zero-order valence-electron chi connectivity index (χ0n) is 8.71. The summed E-state index contributed by atoms with van der Waals surface area (Å²) >= 11 is 0. The fourth-order valence-electron chi connectivity index (χ4n) is 1.90. The van der Waals surface area contributed by atoms with Crippen molar-refractivity contribution in [3.63, 3.8) is 0 Å². The first kappa shape index (κ1) is 11.3. The van der Waals surface area contributed by atoms with E-state index in [0.717, 1.165) is 0 Å². The van der Waals surface area contributed by atoms with Crippen molar-refractivity contribution in [2.45, 2.75) is 43.7 Å². The summed E-state index contributed by atoms with van der Waals surface area (Å²) in [6, 6.07) is 0. The second-order valence-electron chi connectivity index (χ2n) is 4.40. The normalized spacial score (nSPS) is 49.0. The number of fused-ring (bicyclic) bond motifs is 1. The number of hydrogen-bond acceptors (Lipinski definition) is 6. The number of aliphatic hydroxyl groups excluding tert-OH is 2. The zero-order valence-corrected chi connectivity index (χ0v) is 8.71. The summed E-state index contributed by atoms with van der Waals surface area (Å²) < 4.78 is 15.7. The second kappa shape index (κ2) is 3.38. The number of rotatable bonds is 1. The predicted molar refractivity (Wildman–Crippen MR) is 47.8 cm³/mol. The van der Waals surface area contributed by atoms with Gasteiger partial charge in [0.25, 0.3) is 0 Å². The Kier molecular flexibility index (Phi) is 2.53. The first-order valence-corrected chi connectivity index (χ1v) is 4.89. The number of hydrogen-bond donors (Lipinski definition) is 3. The third-order valence-electron chi connectivity index (χ3n) is 2.71. The van der Waals surface area contributed by atoms with Crippen molar-refractivity contribution in [3.05, 3.63) is 0 Å². The van der Waals surface area contributed by atoms with Gasteiger partial charge in [0.1, 0.15) is 24.9 Å². The maximum atomic E-state index is 9.97. The lowest BCUT2D eigenvalue weighted by molar-refractivity contribution is -0.378. The van der Waals surface area contributed by atoms with Gasteiger partial charge in [-0.2, -0.15) is 0 Å². The van der Waals surface area contributed by atoms with Crippen LogP contribution in [-0.2, 0) is 14.2 Å². The van der Waals surface area contributed by atoms with Crippen molar-refractivity contribution in [2.24, 2.45) is 0 Å². The van der Waals surface area contributed by atoms with E-state index in [1.807, 2.05) is 0 Å². The van der Waals surface area contributed by atoms with E-state index in [1.165, 1.54) is 0 Å². The number of ether oxygens (including phenoxy) is 3. The molecule has 2 aliphatic heterocycles. The minimum Gasteiger partial charge on any atom is -0.394 e. The topological polar surface area (TPSA) is 88.4 Å². The molecule has 15 heavy (non-hydrogen) atoms. The molecule has 1 unspecified atom stereocenters. The molecule has 3 N–H and O–H groups in total. The molecule has 2 aliphatic rings. The van der Waals surface area contributed by atoms with Crippen LogP contribution in [0.15, 0.2) is 0 Å². The van der Waals surface area contributed by atoms with Gasteiger partial charge in [0.15, 0.2) is 5.79 Å². The van der Waals surface area contributed by atoms with Crippen LogP contribution in [-0.4, -0.2) is 58.4 Å². The standard InChI is InChI=1S/C9H16O6/c1-8(2)13-4-9(12)7(15-8)6(11)5(3-10)14-9/h5-7,10-12H,3-4H2,1-2H3/t5-,6+,7-,9?/m0/s1. The molecule has 6 heteroatoms. The summed E-state index contributed by atoms with van der Waals surface area (Å²) in [6.45, 7) is 2.92. The molecule has 2 heterocycles. The molecular weight excluding hydrogens is 204 g/mol. The first-order valence-electron chi connectivity index (χ1n) is 4.89. The summed E-state index contributed by atoms with van der Waals surface area (Å²) in [5, 5.41) is 28.7. The monoisotopic (exact) mass is 220 g/mol. The second-order valence-corrected chi connectivity index (χ2v) is 4.40. The Hall–Kier alpha value is -0.240. The molecule has 2 saturated heterocycles. The maximum absolute atomic E-state index is 9.97. The van der Waals surface area contributed by atoms with Crippen LogP contribution in [0.3, 0.4) is 0 Å². The molecule has 0 aromatic heterocycles. The Labute approximate surface area is 87.4 Å². The van der Waals surface area contributed by atoms with Crippen LogP contribution in [0.2, 0.25) is 0 Å². The fraction of sp³-hybridized carbons (Fsp3) is 1.00. The molecule has 0 aliphatic carbocycles. The first-order chi connectivity index (χ1) is 6.88. The molecule has 0 aromatic rings. The van der Waals surface area contributed by atoms with Crippen molar-refractivity contribution in [3.8, 4) is 0 Å². The van der Waals surface area contributed by atoms with E-state index in [9.17, 15) is 10.2 Å². The smallest absolute Gasteiger partial charge is 0.219 e. The lowest BCUT2D eigenvalue weighted by Gasteiger charge is -2.42. The SMILES string of the molecule is CC1(C)OCC2(O)O[C@@H](CO)[C@@H](O)[C@@H]2O1. The van der Waals surface area contributed by atoms with E-state index in [4.69, 9.17) is 19.3 Å². The minimum atomic E-state index is -1.66. The van der Waals surface area contributed by atoms with E-state index >= 15 is 0 Å². The van der Waals surface area contributed by atoms with Crippen LogP contribution >= 0.6 is 0 Å². The van der Waals surface area contributed by atoms with E-state index < -0.39 is 29.9 Å². The average molecular weight is 220 g/mol. The Morgan fingerprint density at radius 2 is 2.00 bits per heavy atom. The molecule has 0 aromatic carbocycles. The van der Waals surface area contributed by atoms with Gasteiger partial charge in [-0.25, -0.2) is 0 Å². The maximum Gasteiger partial charge on any atom is 0.219 e. The Balaban J connectivity index is 2.19. The third kappa shape index (κ3) is 1.77. The van der Waals surface area contributed by atoms with Crippen LogP contribution < -0.4 is 0 Å². The third-order valence-corrected chi connectivity index (χ3v) is 2.71. The van der Waals surface area contributed by atoms with Gasteiger partial charge in [0.2, 0.25) is 5.79 Å². The molecule has 88 valence electrons. The van der Waals surface area contributed by atoms with Gasteiger partial charge in [0, 0.05) is 0 Å². The summed E-state index contributed by atoms with van der Waals surface area (Å²) in [5.74, 6) is -2.53. The van der Waals surface area contributed by atoms with Crippen LogP contribution in [0.5, 0.6) is 0 Å². The zero-order chi connectivity index (χ0) is 11.3. The summed E-state index contributed by atoms with van der Waals surface area (Å²) in [7, 11) is 0. The molecule has 0 amide bonds. The van der Waals surface area contributed by atoms with Gasteiger partial charge in [-0.15, -0.1) is 0 Å². The van der Waals surface area contributed by atoms with Crippen LogP contribution in [0.4, 0.5) is 0 Å². The van der Waals surface area contributed by atoms with Gasteiger partial charge in [-0.3, -0.25) is 0 Å². The molecule has 4 atom stereocenters. The van der Waals surface area contributed by atoms with Gasteiger partial charge >= 0.3 is 0 Å². The number of aliphatic hydroxyl groups is 3. The lowest BCUT2D eigenvalue weighted by Crippen LogP contribution is -2.58. The quantitative estimate of drug-likeness (QED) is 0.502. The Bertz CT molecular complexity index is 255. The fourth-order valence-corrected chi connectivity index (χ4v) is 1.90. The summed E-state index contributed by atoms with van der Waals surface area (Å²) in [4.78, 5) is 0. The van der Waals surface area contributed by atoms with E-state index in [0.29, 0.717) is 0 Å². The molecule has 2 fully saturated rings. The largest absolute Gasteiger partial charge is 0.394 e. The molecule has 0 radical (unpaired) electrons. The van der Waals surface area contributed by atoms with Crippen molar-refractivity contribution in [1.29, 1.82) is 0 Å². The van der Waals surface area contributed by atoms with E-state index in [1.54, 1.807) is 13.8 Å². The molecule has 0 saturated carbocycles. The van der Waals surface area contributed by atoms with Crippen molar-refractivity contribution in [2.75, 3.05) is 13.2 Å². The Morgan fingerprint density at radius 1 is 1.33 bits per heavy atom. The summed E-state index contributed by atoms with van der Waals surface area (Å²) in [6.07, 6.45) is -2.78. The highest BCUT2D eigenvalue weighted by Gasteiger charge is 2.59. The predicted octanol–water partition coefficient (Wildman–Crippen LogP) is -1.42. The van der Waals surface area contributed by atoms with E-state index in [-0.39, 0.29) is 13.2 Å². The lowest BCUT2D eigenvalue weighted by atomic mass is 10.0. The summed E-state index contributed by atoms with van der Waals surface area (Å²) in [5.41, 5.74) is 0.